The summed E-state index contributed by atoms with van der Waals surface area (Å²) in [5.41, 5.74) is 2.49. The lowest BCUT2D eigenvalue weighted by Gasteiger charge is -2.19. The third kappa shape index (κ3) is 2.74. The monoisotopic (exact) mass is 261 g/mol. The molecule has 2 nitrogen and oxygen atoms in total. The van der Waals surface area contributed by atoms with Crippen molar-refractivity contribution in [2.75, 3.05) is 13.7 Å². The first kappa shape index (κ1) is 13.1. The number of rotatable bonds is 5. The van der Waals surface area contributed by atoms with Crippen LogP contribution < -0.4 is 10.1 Å². The van der Waals surface area contributed by atoms with Gasteiger partial charge in [-0.1, -0.05) is 18.2 Å². The lowest BCUT2D eigenvalue weighted by molar-refractivity contribution is 0.334. The Morgan fingerprint density at radius 2 is 2.11 bits per heavy atom. The number of nitrogens with one attached hydrogen (secondary N) is 1. The van der Waals surface area contributed by atoms with Crippen LogP contribution in [0.25, 0.3) is 0 Å². The summed E-state index contributed by atoms with van der Waals surface area (Å²) >= 11 is 1.78. The molecule has 1 N–H and O–H groups in total. The lowest BCUT2D eigenvalue weighted by atomic mass is 10.00. The Morgan fingerprint density at radius 1 is 1.33 bits per heavy atom. The molecule has 0 amide bonds. The molecule has 0 aliphatic rings. The summed E-state index contributed by atoms with van der Waals surface area (Å²) in [7, 11) is 1.99. The van der Waals surface area contributed by atoms with Crippen LogP contribution in [-0.4, -0.2) is 13.7 Å². The van der Waals surface area contributed by atoms with Gasteiger partial charge in [0.05, 0.1) is 12.6 Å². The summed E-state index contributed by atoms with van der Waals surface area (Å²) in [6.07, 6.45) is 0. The van der Waals surface area contributed by atoms with Crippen molar-refractivity contribution in [3.63, 3.8) is 0 Å². The molecule has 3 heteroatoms. The summed E-state index contributed by atoms with van der Waals surface area (Å²) < 4.78 is 5.71. The average Bonchev–Trinajstić information content (AvgIpc) is 2.79. The number of hydrogen-bond acceptors (Lipinski definition) is 3. The van der Waals surface area contributed by atoms with Gasteiger partial charge in [-0.3, -0.25) is 0 Å². The number of thiophene rings is 1. The normalized spacial score (nSPS) is 12.4. The highest BCUT2D eigenvalue weighted by atomic mass is 32.1. The number of aryl methyl sites for hydroxylation is 1. The number of hydrogen-bond donors (Lipinski definition) is 1. The molecule has 0 aliphatic heterocycles. The van der Waals surface area contributed by atoms with Crippen LogP contribution in [0, 0.1) is 6.92 Å². The van der Waals surface area contributed by atoms with Crippen molar-refractivity contribution < 1.29 is 4.74 Å². The summed E-state index contributed by atoms with van der Waals surface area (Å²) in [5, 5.41) is 5.58. The van der Waals surface area contributed by atoms with Crippen LogP contribution in [0.4, 0.5) is 0 Å². The third-order valence-corrected chi connectivity index (χ3v) is 3.78. The highest BCUT2D eigenvalue weighted by molar-refractivity contribution is 7.10. The first-order valence-corrected chi connectivity index (χ1v) is 7.08. The van der Waals surface area contributed by atoms with E-state index in [1.807, 2.05) is 26.1 Å². The van der Waals surface area contributed by atoms with Gasteiger partial charge in [-0.25, -0.2) is 0 Å². The second-order valence-corrected chi connectivity index (χ2v) is 5.30. The van der Waals surface area contributed by atoms with Crippen LogP contribution in [0.3, 0.4) is 0 Å². The molecule has 1 heterocycles. The van der Waals surface area contributed by atoms with E-state index in [2.05, 4.69) is 35.8 Å². The van der Waals surface area contributed by atoms with Crippen LogP contribution in [0.1, 0.15) is 29.0 Å². The van der Waals surface area contributed by atoms with Gasteiger partial charge in [0.25, 0.3) is 0 Å². The largest absolute Gasteiger partial charge is 0.494 e. The molecule has 2 aromatic rings. The van der Waals surface area contributed by atoms with Crippen LogP contribution in [0.2, 0.25) is 0 Å². The minimum Gasteiger partial charge on any atom is -0.494 e. The van der Waals surface area contributed by atoms with Crippen molar-refractivity contribution in [2.45, 2.75) is 19.9 Å². The first-order chi connectivity index (χ1) is 8.76. The SMILES string of the molecule is CCOc1ccccc1C(NC)c1csc(C)c1. The van der Waals surface area contributed by atoms with E-state index in [4.69, 9.17) is 4.74 Å². The molecule has 1 aromatic heterocycles. The first-order valence-electron chi connectivity index (χ1n) is 6.20. The van der Waals surface area contributed by atoms with Crippen molar-refractivity contribution in [3.05, 3.63) is 51.7 Å². The van der Waals surface area contributed by atoms with E-state index in [1.165, 1.54) is 16.0 Å². The van der Waals surface area contributed by atoms with E-state index in [9.17, 15) is 0 Å². The third-order valence-electron chi connectivity index (χ3n) is 2.90. The topological polar surface area (TPSA) is 21.3 Å². The van der Waals surface area contributed by atoms with Crippen molar-refractivity contribution in [1.82, 2.24) is 5.32 Å². The van der Waals surface area contributed by atoms with Crippen LogP contribution >= 0.6 is 11.3 Å². The van der Waals surface area contributed by atoms with Crippen LogP contribution in [0.5, 0.6) is 5.75 Å². The van der Waals surface area contributed by atoms with E-state index in [1.54, 1.807) is 11.3 Å². The fourth-order valence-corrected chi connectivity index (χ4v) is 2.85. The highest BCUT2D eigenvalue weighted by Gasteiger charge is 2.17. The summed E-state index contributed by atoms with van der Waals surface area (Å²) in [6, 6.07) is 10.6. The molecule has 18 heavy (non-hydrogen) atoms. The van der Waals surface area contributed by atoms with Gasteiger partial charge >= 0.3 is 0 Å². The smallest absolute Gasteiger partial charge is 0.124 e. The molecular formula is C15H19NOS. The van der Waals surface area contributed by atoms with E-state index in [-0.39, 0.29) is 6.04 Å². The average molecular weight is 261 g/mol. The molecule has 0 aliphatic carbocycles. The maximum atomic E-state index is 5.71. The Balaban J connectivity index is 2.38. The van der Waals surface area contributed by atoms with Crippen molar-refractivity contribution in [3.8, 4) is 5.75 Å². The Morgan fingerprint density at radius 3 is 2.72 bits per heavy atom. The van der Waals surface area contributed by atoms with Gasteiger partial charge in [-0.2, -0.15) is 0 Å². The number of benzene rings is 1. The Labute approximate surface area is 113 Å². The lowest BCUT2D eigenvalue weighted by Crippen LogP contribution is -2.18. The molecule has 0 saturated heterocycles. The van der Waals surface area contributed by atoms with Gasteiger partial charge in [0.1, 0.15) is 5.75 Å². The second-order valence-electron chi connectivity index (χ2n) is 4.18. The van der Waals surface area contributed by atoms with Gasteiger partial charge in [0.15, 0.2) is 0 Å². The zero-order valence-electron chi connectivity index (χ0n) is 11.1. The molecular weight excluding hydrogens is 242 g/mol. The summed E-state index contributed by atoms with van der Waals surface area (Å²) in [5.74, 6) is 0.961. The maximum absolute atomic E-state index is 5.71. The molecule has 0 radical (unpaired) electrons. The maximum Gasteiger partial charge on any atom is 0.124 e. The Bertz CT molecular complexity index is 507. The molecule has 0 spiro atoms. The van der Waals surface area contributed by atoms with Crippen molar-refractivity contribution >= 4 is 11.3 Å². The number of para-hydroxylation sites is 1. The minimum absolute atomic E-state index is 0.192. The fraction of sp³-hybridized carbons (Fsp3) is 0.333. The molecule has 96 valence electrons. The zero-order valence-corrected chi connectivity index (χ0v) is 11.9. The molecule has 0 bridgehead atoms. The molecule has 0 fully saturated rings. The summed E-state index contributed by atoms with van der Waals surface area (Å²) in [6.45, 7) is 4.84. The predicted octanol–water partition coefficient (Wildman–Crippen LogP) is 3.76. The number of ether oxygens (including phenoxy) is 1. The van der Waals surface area contributed by atoms with E-state index in [0.29, 0.717) is 6.61 Å². The van der Waals surface area contributed by atoms with Crippen LogP contribution in [0.15, 0.2) is 35.7 Å². The predicted molar refractivity (Wildman–Crippen MR) is 77.6 cm³/mol. The molecule has 1 unspecified atom stereocenters. The molecule has 1 aromatic carbocycles. The van der Waals surface area contributed by atoms with Gasteiger partial charge in [0.2, 0.25) is 0 Å². The Hall–Kier alpha value is -1.32. The molecule has 1 atom stereocenters. The fourth-order valence-electron chi connectivity index (χ4n) is 2.12. The standard InChI is InChI=1S/C15H19NOS/c1-4-17-14-8-6-5-7-13(14)15(16-3)12-9-11(2)18-10-12/h5-10,15-16H,4H2,1-3H3. The van der Waals surface area contributed by atoms with Crippen molar-refractivity contribution in [1.29, 1.82) is 0 Å². The summed E-state index contributed by atoms with van der Waals surface area (Å²) in [4.78, 5) is 1.33. The van der Waals surface area contributed by atoms with E-state index >= 15 is 0 Å². The second kappa shape index (κ2) is 6.03. The molecule has 2 rings (SSSR count). The van der Waals surface area contributed by atoms with Crippen molar-refractivity contribution in [2.24, 2.45) is 0 Å². The van der Waals surface area contributed by atoms with Gasteiger partial charge < -0.3 is 10.1 Å². The van der Waals surface area contributed by atoms with Gasteiger partial charge in [-0.05, 0) is 44.0 Å². The van der Waals surface area contributed by atoms with Gasteiger partial charge in [0, 0.05) is 10.4 Å². The Kier molecular flexibility index (Phi) is 4.39. The van der Waals surface area contributed by atoms with E-state index in [0.717, 1.165) is 5.75 Å². The molecule has 0 saturated carbocycles. The van der Waals surface area contributed by atoms with Crippen LogP contribution in [-0.2, 0) is 0 Å². The minimum atomic E-state index is 0.192. The highest BCUT2D eigenvalue weighted by Crippen LogP contribution is 2.31. The van der Waals surface area contributed by atoms with E-state index < -0.39 is 0 Å². The van der Waals surface area contributed by atoms with Gasteiger partial charge in [-0.15, -0.1) is 11.3 Å². The quantitative estimate of drug-likeness (QED) is 0.884. The zero-order chi connectivity index (χ0) is 13.0.